The fourth-order valence-electron chi connectivity index (χ4n) is 19.2. The molecule has 1 aromatic heterocycles. The van der Waals surface area contributed by atoms with Gasteiger partial charge in [0.25, 0.3) is 0 Å². The van der Waals surface area contributed by atoms with Crippen molar-refractivity contribution in [1.82, 2.24) is 26.5 Å². The molecule has 11 aromatic rings. The molecule has 0 spiro atoms. The number of sulfonamides is 5. The van der Waals surface area contributed by atoms with Crippen LogP contribution in [-0.4, -0.2) is 195 Å². The largest absolute Gasteiger partial charge is 0.444 e. The van der Waals surface area contributed by atoms with Crippen LogP contribution < -0.4 is 24.5 Å². The van der Waals surface area contributed by atoms with Gasteiger partial charge in [0.1, 0.15) is 52.9 Å². The smallest absolute Gasteiger partial charge is 0.414 e. The normalized spacial score (nSPS) is 18.3. The van der Waals surface area contributed by atoms with Gasteiger partial charge in [-0.3, -0.25) is 24.5 Å². The SMILES string of the molecule is O=C1OCc2cc(Cl)ccc2N1C1CCN(S(=O)(=O)c2c(Cl)cccc2Cl)CC1.O=C1OCc2cc(Cl)ccc2N1C1CCN(S(=O)(=O)c2cc(Cl)ccc2Cl)CC1.O=C1OCc2cc(Cl)ccc2N1C1CCN(S(=O)(=O)c2ccc(Cl)cc2)CC1.O=C1OCc2cc(Cl)ccc2N1C1CCN(S(=O)(=O)c2cnc(Cl)c(Br)c2)CC1.O=C1OCc2ccccc2N1C1CCN(S(=O)(=O)c2ccc(-c3ccccc3)cc2)CC1. The number of anilines is 5. The van der Waals surface area contributed by atoms with Crippen LogP contribution in [0.2, 0.25) is 50.4 Å². The predicted molar refractivity (Wildman–Crippen MR) is 568 cm³/mol. The van der Waals surface area contributed by atoms with Crippen molar-refractivity contribution in [1.29, 1.82) is 0 Å². The van der Waals surface area contributed by atoms with E-state index in [1.807, 2.05) is 72.8 Å². The van der Waals surface area contributed by atoms with Crippen LogP contribution in [0.3, 0.4) is 0 Å². The molecule has 5 saturated heterocycles. The number of halogens is 11. The van der Waals surface area contributed by atoms with Crippen LogP contribution in [0.1, 0.15) is 92.0 Å². The van der Waals surface area contributed by atoms with Crippen LogP contribution in [0, 0.1) is 0 Å². The number of aromatic nitrogens is 1. The Kier molecular flexibility index (Phi) is 34.4. The van der Waals surface area contributed by atoms with Crippen LogP contribution in [-0.2, 0) is 107 Å². The zero-order valence-electron chi connectivity index (χ0n) is 77.7. The van der Waals surface area contributed by atoms with Crippen molar-refractivity contribution in [2.24, 2.45) is 0 Å². The molecule has 47 heteroatoms. The molecule has 10 aliphatic rings. The van der Waals surface area contributed by atoms with Gasteiger partial charge < -0.3 is 23.7 Å². The van der Waals surface area contributed by atoms with E-state index >= 15 is 0 Å². The highest BCUT2D eigenvalue weighted by Gasteiger charge is 2.45. The van der Waals surface area contributed by atoms with Crippen molar-refractivity contribution in [3.8, 4) is 11.1 Å². The Morgan fingerprint density at radius 2 is 0.551 bits per heavy atom. The van der Waals surface area contributed by atoms with Crippen molar-refractivity contribution in [2.75, 3.05) is 89.9 Å². The Morgan fingerprint density at radius 3 is 0.912 bits per heavy atom. The highest BCUT2D eigenvalue weighted by Crippen LogP contribution is 2.44. The summed E-state index contributed by atoms with van der Waals surface area (Å²) in [5.74, 6) is 0. The van der Waals surface area contributed by atoms with E-state index < -0.39 is 74.5 Å². The minimum Gasteiger partial charge on any atom is -0.444 e. The molecule has 21 rings (SSSR count). The summed E-state index contributed by atoms with van der Waals surface area (Å²) in [6.45, 7) is 3.88. The summed E-state index contributed by atoms with van der Waals surface area (Å²) >= 11 is 63.3. The number of fused-ring (bicyclic) bond motifs is 5. The van der Waals surface area contributed by atoms with E-state index in [1.165, 1.54) is 70.2 Å². The highest BCUT2D eigenvalue weighted by atomic mass is 79.9. The lowest BCUT2D eigenvalue weighted by Gasteiger charge is -2.39. The number of carbonyl (C=O) groups excluding carboxylic acids is 5. The first kappa shape index (κ1) is 109. The number of hydrogen-bond acceptors (Lipinski definition) is 21. The number of ether oxygens (including phenoxy) is 5. The zero-order chi connectivity index (χ0) is 104. The number of amides is 5. The van der Waals surface area contributed by atoms with Crippen LogP contribution >= 0.6 is 132 Å². The molecule has 0 N–H and O–H groups in total. The molecule has 5 amide bonds. The van der Waals surface area contributed by atoms with E-state index in [1.54, 1.807) is 128 Å². The number of para-hydroxylation sites is 1. The molecule has 0 atom stereocenters. The van der Waals surface area contributed by atoms with Gasteiger partial charge in [0.2, 0.25) is 50.1 Å². The van der Waals surface area contributed by atoms with Gasteiger partial charge in [-0.1, -0.05) is 183 Å². The second-order valence-corrected chi connectivity index (χ2v) is 50.1. The Hall–Kier alpha value is -9.37. The summed E-state index contributed by atoms with van der Waals surface area (Å²) in [6.07, 6.45) is 4.16. The molecule has 31 nitrogen and oxygen atoms in total. The summed E-state index contributed by atoms with van der Waals surface area (Å²) in [5.41, 5.74) is 10.3. The maximum absolute atomic E-state index is 13.2. The van der Waals surface area contributed by atoms with Crippen molar-refractivity contribution in [3.05, 3.63) is 307 Å². The topological polar surface area (TPSA) is 347 Å². The number of rotatable bonds is 16. The van der Waals surface area contributed by atoms with Gasteiger partial charge >= 0.3 is 30.5 Å². The molecule has 10 aliphatic heterocycles. The second kappa shape index (κ2) is 46.4. The maximum Gasteiger partial charge on any atom is 0.414 e. The van der Waals surface area contributed by atoms with Gasteiger partial charge in [0, 0.05) is 160 Å². The number of piperidine rings is 5. The van der Waals surface area contributed by atoms with Crippen LogP contribution in [0.15, 0.2) is 254 Å². The number of benzene rings is 10. The lowest BCUT2D eigenvalue weighted by Crippen LogP contribution is -2.50. The first-order valence-corrected chi connectivity index (χ1v) is 58.1. The fourth-order valence-corrected chi connectivity index (χ4v) is 29.8. The first-order valence-electron chi connectivity index (χ1n) is 46.4. The zero-order valence-corrected chi connectivity index (χ0v) is 90.9. The van der Waals surface area contributed by atoms with Gasteiger partial charge in [-0.15, -0.1) is 0 Å². The molecule has 147 heavy (non-hydrogen) atoms. The van der Waals surface area contributed by atoms with E-state index in [4.69, 9.17) is 140 Å². The molecule has 774 valence electrons. The minimum absolute atomic E-state index is 0.0116. The van der Waals surface area contributed by atoms with Gasteiger partial charge in [0.05, 0.1) is 57.8 Å². The van der Waals surface area contributed by atoms with Crippen molar-refractivity contribution in [2.45, 2.75) is 152 Å². The van der Waals surface area contributed by atoms with Crippen LogP contribution in [0.5, 0.6) is 0 Å². The molecule has 0 radical (unpaired) electrons. The minimum atomic E-state index is -3.84. The van der Waals surface area contributed by atoms with Crippen LogP contribution in [0.25, 0.3) is 11.1 Å². The van der Waals surface area contributed by atoms with Gasteiger partial charge in [0.15, 0.2) is 0 Å². The van der Waals surface area contributed by atoms with Crippen molar-refractivity contribution < 1.29 is 89.7 Å². The molecule has 11 heterocycles. The second-order valence-electron chi connectivity index (χ2n) is 35.4. The molecule has 10 aromatic carbocycles. The monoisotopic (exact) mass is 2360 g/mol. The quantitative estimate of drug-likeness (QED) is 0.0640. The lowest BCUT2D eigenvalue weighted by molar-refractivity contribution is 0.135. The number of pyridine rings is 1. The fraction of sp³-hybridized carbons (Fsp3) is 0.300. The summed E-state index contributed by atoms with van der Waals surface area (Å²) in [7, 11) is -18.5. The van der Waals surface area contributed by atoms with Gasteiger partial charge in [-0.05, 0) is 243 Å². The third kappa shape index (κ3) is 24.1. The molecular formula is C100H92BrCl10N11O20S5. The summed E-state index contributed by atoms with van der Waals surface area (Å²) in [5, 5.41) is 3.59. The van der Waals surface area contributed by atoms with Crippen molar-refractivity contribution >= 4 is 241 Å². The molecule has 0 aliphatic carbocycles. The third-order valence-corrected chi connectivity index (χ3v) is 40.1. The van der Waals surface area contributed by atoms with Gasteiger partial charge in [-0.25, -0.2) is 71.0 Å². The maximum atomic E-state index is 13.2. The number of carbonyl (C=O) groups is 5. The average Bonchev–Trinajstić information content (AvgIpc) is 0.779. The first-order chi connectivity index (χ1) is 70.2. The summed E-state index contributed by atoms with van der Waals surface area (Å²) < 4.78 is 164. The van der Waals surface area contributed by atoms with E-state index in [0.29, 0.717) is 130 Å². The van der Waals surface area contributed by atoms with Crippen LogP contribution in [0.4, 0.5) is 52.4 Å². The highest BCUT2D eigenvalue weighted by molar-refractivity contribution is 9.10. The third-order valence-electron chi connectivity index (χ3n) is 26.6. The number of hydrogen-bond donors (Lipinski definition) is 0. The molecule has 0 unspecified atom stereocenters. The van der Waals surface area contributed by atoms with E-state index in [0.717, 1.165) is 67.4 Å². The summed E-state index contributed by atoms with van der Waals surface area (Å²) in [4.78, 5) is 74.7. The van der Waals surface area contributed by atoms with Gasteiger partial charge in [-0.2, -0.15) is 21.5 Å². The predicted octanol–water partition coefficient (Wildman–Crippen LogP) is 23.3. The Labute approximate surface area is 909 Å². The molecule has 5 fully saturated rings. The van der Waals surface area contributed by atoms with E-state index in [9.17, 15) is 66.1 Å². The standard InChI is InChI=1S/C25H24N2O4S.2C19H17Cl3N2O4S.C19H18Cl2N2O4S.C18H16BrCl2N3O4S/c28-25-27(24-9-5-4-8-21(24)18-31-25)22-14-16-26(17-15-22)32(29,30)23-12-10-20(11-13-23)19-6-2-1-3-7-19;20-13-2-4-17-12(9-13)11-28-19(25)24(17)15-5-7-23(8-6-15)29(26,27)18-10-14(21)1-3-16(18)22;20-13-4-5-17-12(10-13)11-28-19(25)24(17)14-6-8-23(9-7-14)29(26,27)18-15(21)2-1-3-16(18)22;20-14-1-4-17(5-2-14)28(25,26)22-9-7-16(8-10-22)23-18-6-3-15(21)11-13(18)12-27-19(23)24;19-15-8-14(9-22-17(15)21)29(26,27)23-5-3-13(4-6-23)24-16-2-1-12(20)7-11(16)10-28-18(24)25/h1-13,22H,14-18H2;1-4,9-10,15H,5-8,11H2;1-5,10,14H,6-9,11H2;1-6,11,16H,7-10,12H2;1-2,7-9,13H,3-6,10H2. The average molecular weight is 2360 g/mol. The van der Waals surface area contributed by atoms with E-state index in [2.05, 4.69) is 20.9 Å². The van der Waals surface area contributed by atoms with Crippen molar-refractivity contribution in [3.63, 3.8) is 0 Å². The Bertz CT molecular complexity index is 7450. The lowest BCUT2D eigenvalue weighted by atomic mass is 10.0. The van der Waals surface area contributed by atoms with E-state index in [-0.39, 0.29) is 148 Å². The number of nitrogens with zero attached hydrogens (tertiary/aromatic N) is 11. The Balaban J connectivity index is 0.000000126. The number of cyclic esters (lactones) is 5. The molecule has 0 bridgehead atoms. The Morgan fingerprint density at radius 1 is 0.265 bits per heavy atom. The summed E-state index contributed by atoms with van der Waals surface area (Å²) in [6, 6.07) is 61.7. The molecular weight excluding hydrogens is 2270 g/mol. The molecule has 0 saturated carbocycles.